The minimum atomic E-state index is -1.14. The van der Waals surface area contributed by atoms with E-state index in [9.17, 15) is 24.3 Å². The Morgan fingerprint density at radius 3 is 1.79 bits per heavy atom. The highest BCUT2D eigenvalue weighted by atomic mass is 16.4. The second kappa shape index (κ2) is 15.6. The zero-order valence-corrected chi connectivity index (χ0v) is 21.0. The minimum Gasteiger partial charge on any atom is -0.480 e. The van der Waals surface area contributed by atoms with Gasteiger partial charge in [0, 0.05) is 0 Å². The normalized spacial score (nSPS) is 16.8. The maximum Gasteiger partial charge on any atom is 0.326 e. The Bertz CT molecular complexity index is 643. The molecule has 10 heteroatoms. The second-order valence-corrected chi connectivity index (χ2v) is 9.20. The molecule has 0 heterocycles. The van der Waals surface area contributed by atoms with Gasteiger partial charge in [0.25, 0.3) is 0 Å². The summed E-state index contributed by atoms with van der Waals surface area (Å²) >= 11 is 0. The predicted molar refractivity (Wildman–Crippen MR) is 128 cm³/mol. The van der Waals surface area contributed by atoms with Crippen LogP contribution in [-0.4, -0.2) is 59.5 Å². The molecule has 0 aliphatic heterocycles. The van der Waals surface area contributed by atoms with Crippen LogP contribution in [0.15, 0.2) is 0 Å². The highest BCUT2D eigenvalue weighted by Gasteiger charge is 2.33. The lowest BCUT2D eigenvalue weighted by Crippen LogP contribution is -2.59. The van der Waals surface area contributed by atoms with Gasteiger partial charge in [0.05, 0.1) is 6.04 Å². The number of carboxylic acids is 1. The number of hydrogen-bond donors (Lipinski definition) is 6. The van der Waals surface area contributed by atoms with Crippen molar-refractivity contribution in [3.63, 3.8) is 0 Å². The SMILES string of the molecule is CCC(C)C(N)C(=O)NC(C(=O)NC(CCCCN)C(=O)NC(C(=O)O)C(C)C)C(C)CC. The van der Waals surface area contributed by atoms with Gasteiger partial charge in [-0.3, -0.25) is 14.4 Å². The quantitative estimate of drug-likeness (QED) is 0.180. The summed E-state index contributed by atoms with van der Waals surface area (Å²) in [5, 5.41) is 17.4. The number of aliphatic carboxylic acids is 1. The number of carbonyl (C=O) groups is 4. The van der Waals surface area contributed by atoms with E-state index in [0.717, 1.165) is 6.42 Å². The molecule has 10 nitrogen and oxygen atoms in total. The number of amides is 3. The fourth-order valence-corrected chi connectivity index (χ4v) is 3.25. The van der Waals surface area contributed by atoms with Crippen LogP contribution in [0.1, 0.15) is 73.6 Å². The van der Waals surface area contributed by atoms with Gasteiger partial charge < -0.3 is 32.5 Å². The van der Waals surface area contributed by atoms with Crippen LogP contribution in [-0.2, 0) is 19.2 Å². The summed E-state index contributed by atoms with van der Waals surface area (Å²) in [5.41, 5.74) is 11.6. The lowest BCUT2D eigenvalue weighted by atomic mass is 9.95. The van der Waals surface area contributed by atoms with Crippen LogP contribution < -0.4 is 27.4 Å². The Kier molecular flexibility index (Phi) is 14.6. The first kappa shape index (κ1) is 30.8. The Morgan fingerprint density at radius 2 is 1.33 bits per heavy atom. The molecule has 6 atom stereocenters. The van der Waals surface area contributed by atoms with Crippen molar-refractivity contribution >= 4 is 23.7 Å². The molecule has 6 unspecified atom stereocenters. The van der Waals surface area contributed by atoms with Crippen molar-refractivity contribution in [2.45, 2.75) is 97.8 Å². The smallest absolute Gasteiger partial charge is 0.326 e. The zero-order valence-electron chi connectivity index (χ0n) is 21.0. The van der Waals surface area contributed by atoms with E-state index < -0.39 is 47.9 Å². The van der Waals surface area contributed by atoms with E-state index in [1.807, 2.05) is 27.7 Å². The van der Waals surface area contributed by atoms with E-state index in [-0.39, 0.29) is 17.8 Å². The summed E-state index contributed by atoms with van der Waals surface area (Å²) < 4.78 is 0. The first-order valence-corrected chi connectivity index (χ1v) is 12.0. The molecule has 0 saturated heterocycles. The van der Waals surface area contributed by atoms with Gasteiger partial charge in [-0.25, -0.2) is 4.79 Å². The van der Waals surface area contributed by atoms with Gasteiger partial charge in [-0.2, -0.15) is 0 Å². The van der Waals surface area contributed by atoms with Gasteiger partial charge in [-0.1, -0.05) is 54.4 Å². The van der Waals surface area contributed by atoms with Crippen LogP contribution in [0.2, 0.25) is 0 Å². The van der Waals surface area contributed by atoms with E-state index in [0.29, 0.717) is 32.2 Å². The van der Waals surface area contributed by atoms with Crippen molar-refractivity contribution in [3.05, 3.63) is 0 Å². The van der Waals surface area contributed by atoms with Gasteiger partial charge in [-0.05, 0) is 43.6 Å². The Balaban J connectivity index is 5.59. The highest BCUT2D eigenvalue weighted by Crippen LogP contribution is 2.12. The molecule has 33 heavy (non-hydrogen) atoms. The average molecular weight is 472 g/mol. The topological polar surface area (TPSA) is 177 Å². The van der Waals surface area contributed by atoms with E-state index in [4.69, 9.17) is 11.5 Å². The Labute approximate surface area is 198 Å². The van der Waals surface area contributed by atoms with Crippen molar-refractivity contribution in [3.8, 4) is 0 Å². The minimum absolute atomic E-state index is 0.0515. The summed E-state index contributed by atoms with van der Waals surface area (Å²) in [6.45, 7) is 11.4. The molecule has 0 radical (unpaired) electrons. The van der Waals surface area contributed by atoms with Crippen molar-refractivity contribution in [2.24, 2.45) is 29.2 Å². The molecule has 0 saturated carbocycles. The van der Waals surface area contributed by atoms with Gasteiger partial charge in [0.1, 0.15) is 18.1 Å². The van der Waals surface area contributed by atoms with Gasteiger partial charge in [0.15, 0.2) is 0 Å². The molecule has 8 N–H and O–H groups in total. The molecule has 0 aromatic rings. The molecule has 0 bridgehead atoms. The van der Waals surface area contributed by atoms with E-state index in [1.54, 1.807) is 13.8 Å². The summed E-state index contributed by atoms with van der Waals surface area (Å²) in [4.78, 5) is 50.2. The number of unbranched alkanes of at least 4 members (excludes halogenated alkanes) is 1. The molecule has 0 aliphatic carbocycles. The summed E-state index contributed by atoms with van der Waals surface area (Å²) in [5.74, 6) is -3.22. The number of rotatable bonds is 16. The van der Waals surface area contributed by atoms with Gasteiger partial charge >= 0.3 is 5.97 Å². The van der Waals surface area contributed by atoms with Crippen molar-refractivity contribution in [1.82, 2.24) is 16.0 Å². The Morgan fingerprint density at radius 1 is 0.788 bits per heavy atom. The monoisotopic (exact) mass is 471 g/mol. The number of hydrogen-bond acceptors (Lipinski definition) is 6. The molecule has 0 aliphatic rings. The molecule has 0 rings (SSSR count). The predicted octanol–water partition coefficient (Wildman–Crippen LogP) is 0.730. The number of carboxylic acid groups (broad SMARTS) is 1. The first-order chi connectivity index (χ1) is 15.4. The molecule has 3 amide bonds. The highest BCUT2D eigenvalue weighted by molar-refractivity contribution is 5.94. The molecule has 0 aromatic heterocycles. The summed E-state index contributed by atoms with van der Waals surface area (Å²) in [7, 11) is 0. The molecule has 0 fully saturated rings. The third-order valence-electron chi connectivity index (χ3n) is 6.16. The van der Waals surface area contributed by atoms with E-state index in [2.05, 4.69) is 16.0 Å². The maximum atomic E-state index is 13.2. The van der Waals surface area contributed by atoms with Crippen LogP contribution in [0.25, 0.3) is 0 Å². The van der Waals surface area contributed by atoms with E-state index >= 15 is 0 Å². The lowest BCUT2D eigenvalue weighted by molar-refractivity contribution is -0.143. The van der Waals surface area contributed by atoms with Gasteiger partial charge in [0.2, 0.25) is 17.7 Å². The summed E-state index contributed by atoms with van der Waals surface area (Å²) in [6.07, 6.45) is 2.87. The molecule has 0 aromatic carbocycles. The Hall–Kier alpha value is -2.20. The van der Waals surface area contributed by atoms with Crippen molar-refractivity contribution < 1.29 is 24.3 Å². The first-order valence-electron chi connectivity index (χ1n) is 12.0. The van der Waals surface area contributed by atoms with Crippen LogP contribution >= 0.6 is 0 Å². The van der Waals surface area contributed by atoms with Crippen LogP contribution in [0, 0.1) is 17.8 Å². The number of nitrogens with two attached hydrogens (primary N) is 2. The van der Waals surface area contributed by atoms with E-state index in [1.165, 1.54) is 0 Å². The third kappa shape index (κ3) is 10.5. The fraction of sp³-hybridized carbons (Fsp3) is 0.826. The molecule has 192 valence electrons. The second-order valence-electron chi connectivity index (χ2n) is 9.20. The molecule has 0 spiro atoms. The van der Waals surface area contributed by atoms with Crippen LogP contribution in [0.5, 0.6) is 0 Å². The van der Waals surface area contributed by atoms with Crippen LogP contribution in [0.3, 0.4) is 0 Å². The fourth-order valence-electron chi connectivity index (χ4n) is 3.25. The molecular weight excluding hydrogens is 426 g/mol. The molecular formula is C23H45N5O5. The summed E-state index contributed by atoms with van der Waals surface area (Å²) in [6, 6.07) is -3.65. The van der Waals surface area contributed by atoms with Crippen molar-refractivity contribution in [2.75, 3.05) is 6.54 Å². The third-order valence-corrected chi connectivity index (χ3v) is 6.16. The van der Waals surface area contributed by atoms with Crippen molar-refractivity contribution in [1.29, 1.82) is 0 Å². The largest absolute Gasteiger partial charge is 0.480 e. The van der Waals surface area contributed by atoms with Gasteiger partial charge in [-0.15, -0.1) is 0 Å². The zero-order chi connectivity index (χ0) is 25.7. The average Bonchev–Trinajstić information content (AvgIpc) is 2.77. The maximum absolute atomic E-state index is 13.2. The van der Waals surface area contributed by atoms with Crippen LogP contribution in [0.4, 0.5) is 0 Å². The lowest BCUT2D eigenvalue weighted by Gasteiger charge is -2.29. The standard InChI is InChI=1S/C23H45N5O5/c1-7-14(5)17(25)21(30)28-19(15(6)8-2)22(31)26-16(11-9-10-12-24)20(29)27-18(13(3)4)23(32)33/h13-19H,7-12,24-25H2,1-6H3,(H,26,31)(H,27,29)(H,28,30)(H,32,33). The number of nitrogens with one attached hydrogen (secondary N) is 3. The number of carbonyl (C=O) groups excluding carboxylic acids is 3.